The first-order chi connectivity index (χ1) is 8.42. The van der Waals surface area contributed by atoms with Crippen molar-refractivity contribution in [2.75, 3.05) is 5.32 Å². The van der Waals surface area contributed by atoms with Crippen LogP contribution in [0.2, 0.25) is 0 Å². The Balaban J connectivity index is 1.96. The summed E-state index contributed by atoms with van der Waals surface area (Å²) >= 11 is 0. The summed E-state index contributed by atoms with van der Waals surface area (Å²) in [7, 11) is 0. The van der Waals surface area contributed by atoms with E-state index < -0.39 is 0 Å². The molecule has 3 rings (SSSR count). The second-order valence-electron chi connectivity index (χ2n) is 3.61. The van der Waals surface area contributed by atoms with Crippen LogP contribution in [0.15, 0.2) is 55.0 Å². The van der Waals surface area contributed by atoms with Crippen LogP contribution in [-0.4, -0.2) is 15.0 Å². The molecule has 2 aromatic heterocycles. The van der Waals surface area contributed by atoms with Gasteiger partial charge in [-0.1, -0.05) is 18.2 Å². The highest BCUT2D eigenvalue weighted by molar-refractivity contribution is 5.78. The van der Waals surface area contributed by atoms with Crippen LogP contribution in [0.5, 0.6) is 0 Å². The van der Waals surface area contributed by atoms with Crippen molar-refractivity contribution in [3.8, 4) is 0 Å². The Bertz CT molecular complexity index is 637. The lowest BCUT2D eigenvalue weighted by Gasteiger charge is -2.04. The second-order valence-corrected chi connectivity index (χ2v) is 3.61. The fraction of sp³-hybridized carbons (Fsp3) is 0. The van der Waals surface area contributed by atoms with Gasteiger partial charge in [0.1, 0.15) is 0 Å². The molecule has 0 amide bonds. The van der Waals surface area contributed by atoms with Gasteiger partial charge in [-0.3, -0.25) is 4.98 Å². The van der Waals surface area contributed by atoms with Gasteiger partial charge in [-0.2, -0.15) is 0 Å². The van der Waals surface area contributed by atoms with E-state index in [-0.39, 0.29) is 0 Å². The third-order valence-corrected chi connectivity index (χ3v) is 2.43. The number of fused-ring (bicyclic) bond motifs is 1. The maximum atomic E-state index is 4.43. The monoisotopic (exact) mass is 222 g/mol. The Labute approximate surface area is 98.4 Å². The molecular formula is C13H10N4. The van der Waals surface area contributed by atoms with E-state index in [0.29, 0.717) is 5.95 Å². The van der Waals surface area contributed by atoms with Crippen LogP contribution in [0.4, 0.5) is 11.6 Å². The average Bonchev–Trinajstić information content (AvgIpc) is 2.40. The van der Waals surface area contributed by atoms with Gasteiger partial charge in [0.05, 0.1) is 5.52 Å². The molecule has 2 heterocycles. The van der Waals surface area contributed by atoms with E-state index in [1.165, 1.54) is 0 Å². The minimum absolute atomic E-state index is 0.593. The van der Waals surface area contributed by atoms with E-state index in [2.05, 4.69) is 20.3 Å². The lowest BCUT2D eigenvalue weighted by atomic mass is 10.2. The molecule has 17 heavy (non-hydrogen) atoms. The number of hydrogen-bond donors (Lipinski definition) is 1. The van der Waals surface area contributed by atoms with E-state index in [4.69, 9.17) is 0 Å². The number of nitrogens with one attached hydrogen (secondary N) is 1. The number of para-hydroxylation sites is 1. The number of nitrogens with zero attached hydrogens (tertiary/aromatic N) is 3. The highest BCUT2D eigenvalue weighted by Crippen LogP contribution is 2.15. The van der Waals surface area contributed by atoms with E-state index >= 15 is 0 Å². The van der Waals surface area contributed by atoms with Crippen LogP contribution < -0.4 is 5.32 Å². The van der Waals surface area contributed by atoms with Crippen molar-refractivity contribution in [1.29, 1.82) is 0 Å². The first-order valence-electron chi connectivity index (χ1n) is 5.31. The predicted octanol–water partition coefficient (Wildman–Crippen LogP) is 2.77. The number of aromatic nitrogens is 3. The van der Waals surface area contributed by atoms with Gasteiger partial charge in [0.25, 0.3) is 0 Å². The van der Waals surface area contributed by atoms with Gasteiger partial charge in [-0.25, -0.2) is 9.97 Å². The summed E-state index contributed by atoms with van der Waals surface area (Å²) in [5.74, 6) is 0.593. The molecule has 0 saturated heterocycles. The Morgan fingerprint density at radius 2 is 1.76 bits per heavy atom. The molecule has 0 spiro atoms. The summed E-state index contributed by atoms with van der Waals surface area (Å²) in [4.78, 5) is 12.6. The summed E-state index contributed by atoms with van der Waals surface area (Å²) in [6.07, 6.45) is 5.26. The zero-order chi connectivity index (χ0) is 11.5. The molecule has 0 aliphatic carbocycles. The largest absolute Gasteiger partial charge is 0.324 e. The third-order valence-electron chi connectivity index (χ3n) is 2.43. The maximum Gasteiger partial charge on any atom is 0.227 e. The van der Waals surface area contributed by atoms with Crippen molar-refractivity contribution in [1.82, 2.24) is 15.0 Å². The minimum Gasteiger partial charge on any atom is -0.324 e. The van der Waals surface area contributed by atoms with Crippen molar-refractivity contribution in [2.24, 2.45) is 0 Å². The molecule has 3 aromatic rings. The van der Waals surface area contributed by atoms with E-state index in [9.17, 15) is 0 Å². The Kier molecular flexibility index (Phi) is 2.38. The Hall–Kier alpha value is -2.49. The van der Waals surface area contributed by atoms with Gasteiger partial charge in [0, 0.05) is 29.7 Å². The molecule has 1 N–H and O–H groups in total. The zero-order valence-corrected chi connectivity index (χ0v) is 9.04. The van der Waals surface area contributed by atoms with Crippen LogP contribution in [0.3, 0.4) is 0 Å². The van der Waals surface area contributed by atoms with Crippen LogP contribution >= 0.6 is 0 Å². The van der Waals surface area contributed by atoms with E-state index in [1.807, 2.05) is 42.6 Å². The molecule has 0 aliphatic heterocycles. The molecule has 82 valence electrons. The molecule has 0 atom stereocenters. The molecule has 0 saturated carbocycles. The van der Waals surface area contributed by atoms with Crippen LogP contribution in [-0.2, 0) is 0 Å². The van der Waals surface area contributed by atoms with Crippen molar-refractivity contribution < 1.29 is 0 Å². The average molecular weight is 222 g/mol. The number of benzene rings is 1. The molecule has 0 bridgehead atoms. The lowest BCUT2D eigenvalue weighted by Crippen LogP contribution is -1.96. The third kappa shape index (κ3) is 2.06. The zero-order valence-electron chi connectivity index (χ0n) is 9.04. The van der Waals surface area contributed by atoms with Crippen molar-refractivity contribution in [3.05, 3.63) is 55.0 Å². The molecule has 0 aliphatic rings. The summed E-state index contributed by atoms with van der Waals surface area (Å²) in [5.41, 5.74) is 1.86. The van der Waals surface area contributed by atoms with Gasteiger partial charge in [0.15, 0.2) is 0 Å². The standard InChI is InChI=1S/C13H10N4/c1-2-4-12-10(3-1)9-15-13(17-12)16-11-5-7-14-8-6-11/h1-9H,(H,14,15,16,17). The summed E-state index contributed by atoms with van der Waals surface area (Å²) in [6.45, 7) is 0. The number of rotatable bonds is 2. The minimum atomic E-state index is 0.593. The van der Waals surface area contributed by atoms with Gasteiger partial charge in [0.2, 0.25) is 5.95 Å². The SMILES string of the molecule is c1ccc2nc(Nc3ccncc3)ncc2c1. The quantitative estimate of drug-likeness (QED) is 0.724. The highest BCUT2D eigenvalue weighted by atomic mass is 15.1. The lowest BCUT2D eigenvalue weighted by molar-refractivity contribution is 1.21. The van der Waals surface area contributed by atoms with E-state index in [1.54, 1.807) is 12.4 Å². The fourth-order valence-electron chi connectivity index (χ4n) is 1.60. The maximum absolute atomic E-state index is 4.43. The topological polar surface area (TPSA) is 50.7 Å². The molecular weight excluding hydrogens is 212 g/mol. The second kappa shape index (κ2) is 4.17. The van der Waals surface area contributed by atoms with Crippen molar-refractivity contribution in [3.63, 3.8) is 0 Å². The van der Waals surface area contributed by atoms with Gasteiger partial charge in [-0.15, -0.1) is 0 Å². The molecule has 1 aromatic carbocycles. The van der Waals surface area contributed by atoms with Crippen molar-refractivity contribution >= 4 is 22.5 Å². The first-order valence-corrected chi connectivity index (χ1v) is 5.31. The van der Waals surface area contributed by atoms with Crippen molar-refractivity contribution in [2.45, 2.75) is 0 Å². The Morgan fingerprint density at radius 3 is 2.65 bits per heavy atom. The normalized spacial score (nSPS) is 10.4. The van der Waals surface area contributed by atoms with Crippen LogP contribution in [0, 0.1) is 0 Å². The van der Waals surface area contributed by atoms with Crippen LogP contribution in [0.1, 0.15) is 0 Å². The smallest absolute Gasteiger partial charge is 0.227 e. The highest BCUT2D eigenvalue weighted by Gasteiger charge is 1.99. The van der Waals surface area contributed by atoms with E-state index in [0.717, 1.165) is 16.6 Å². The Morgan fingerprint density at radius 1 is 0.941 bits per heavy atom. The summed E-state index contributed by atoms with van der Waals surface area (Å²) in [5, 5.41) is 4.17. The van der Waals surface area contributed by atoms with Crippen LogP contribution in [0.25, 0.3) is 10.9 Å². The van der Waals surface area contributed by atoms with Gasteiger partial charge in [-0.05, 0) is 18.2 Å². The van der Waals surface area contributed by atoms with Gasteiger partial charge < -0.3 is 5.32 Å². The fourth-order valence-corrected chi connectivity index (χ4v) is 1.60. The molecule has 4 nitrogen and oxygen atoms in total. The molecule has 0 radical (unpaired) electrons. The van der Waals surface area contributed by atoms with Gasteiger partial charge >= 0.3 is 0 Å². The summed E-state index contributed by atoms with van der Waals surface area (Å²) < 4.78 is 0. The first kappa shape index (κ1) is 9.72. The molecule has 0 fully saturated rings. The molecule has 0 unspecified atom stereocenters. The number of hydrogen-bond acceptors (Lipinski definition) is 4. The predicted molar refractivity (Wildman–Crippen MR) is 67.1 cm³/mol. The number of pyridine rings is 1. The number of anilines is 2. The summed E-state index contributed by atoms with van der Waals surface area (Å²) in [6, 6.07) is 11.6. The molecule has 4 heteroatoms.